The van der Waals surface area contributed by atoms with Gasteiger partial charge in [-0.3, -0.25) is 13.9 Å². The summed E-state index contributed by atoms with van der Waals surface area (Å²) in [6.45, 7) is 4.08. The van der Waals surface area contributed by atoms with Gasteiger partial charge in [0.2, 0.25) is 5.91 Å². The quantitative estimate of drug-likeness (QED) is 0.135. The third-order valence-corrected chi connectivity index (χ3v) is 8.86. The van der Waals surface area contributed by atoms with E-state index in [-0.39, 0.29) is 31.7 Å². The van der Waals surface area contributed by atoms with Gasteiger partial charge >= 0.3 is 13.6 Å². The van der Waals surface area contributed by atoms with Gasteiger partial charge in [0.25, 0.3) is 0 Å². The van der Waals surface area contributed by atoms with E-state index in [9.17, 15) is 9.36 Å². The number of nitrogens with one attached hydrogen (secondary N) is 1. The molecule has 5 aromatic rings. The van der Waals surface area contributed by atoms with Crippen LogP contribution in [0.1, 0.15) is 38.0 Å². The van der Waals surface area contributed by atoms with Crippen molar-refractivity contribution in [2.75, 3.05) is 18.5 Å². The molecule has 11 heteroatoms. The summed E-state index contributed by atoms with van der Waals surface area (Å²) in [6.07, 6.45) is 3.00. The van der Waals surface area contributed by atoms with E-state index in [1.807, 2.05) is 71.3 Å². The summed E-state index contributed by atoms with van der Waals surface area (Å²) in [5.74, 6) is 0.492. The number of amides is 1. The molecular weight excluding hydrogens is 575 g/mol. The summed E-state index contributed by atoms with van der Waals surface area (Å²) in [4.78, 5) is 22.2. The van der Waals surface area contributed by atoms with Gasteiger partial charge in [0.1, 0.15) is 17.8 Å². The van der Waals surface area contributed by atoms with Gasteiger partial charge in [0.15, 0.2) is 0 Å². The van der Waals surface area contributed by atoms with Crippen molar-refractivity contribution in [3.63, 3.8) is 0 Å². The molecule has 0 aliphatic rings. The van der Waals surface area contributed by atoms with E-state index in [0.717, 1.165) is 16.6 Å². The van der Waals surface area contributed by atoms with Crippen molar-refractivity contribution in [1.82, 2.24) is 14.5 Å². The average molecular weight is 607 g/mol. The third kappa shape index (κ3) is 6.99. The highest BCUT2D eigenvalue weighted by Crippen LogP contribution is 2.52. The van der Waals surface area contributed by atoms with E-state index < -0.39 is 7.60 Å². The van der Waals surface area contributed by atoms with Crippen molar-refractivity contribution in [2.24, 2.45) is 0 Å². The molecule has 1 N–H and O–H groups in total. The predicted octanol–water partition coefficient (Wildman–Crippen LogP) is 8.06. The average Bonchev–Trinajstić information content (AvgIpc) is 3.59. The Labute approximate surface area is 249 Å². The number of carbonyl (C=O) groups excluding carboxylic acids is 1. The maximum atomic E-state index is 13.1. The number of anilines is 1. The molecule has 9 nitrogen and oxygen atoms in total. The number of oxazole rings is 1. The molecule has 0 radical (unpaired) electrons. The molecule has 0 saturated heterocycles. The lowest BCUT2D eigenvalue weighted by Crippen LogP contribution is -2.13. The number of carbonyl (C=O) groups is 1. The molecule has 2 aromatic heterocycles. The van der Waals surface area contributed by atoms with E-state index in [2.05, 4.69) is 10.3 Å². The number of benzene rings is 3. The minimum absolute atomic E-state index is 0.0688. The summed E-state index contributed by atoms with van der Waals surface area (Å²) in [5, 5.41) is 3.58. The lowest BCUT2D eigenvalue weighted by atomic mass is 10.1. The number of hydrogen-bond donors (Lipinski definition) is 1. The standard InChI is InChI=1S/C31H32ClN4O5P/c1-3-39-42(38,40-4-2)20-23-10-5-6-11-25(23)34-29(37)15-9-14-28-30(22-16-18-24(32)19-17-22)35-31(41-28)36-21-33-26-12-7-8-13-27(26)36/h5-8,10-13,16-19,21H,3-4,9,14-15,20H2,1-2H3,(H,34,37). The molecule has 42 heavy (non-hydrogen) atoms. The minimum Gasteiger partial charge on any atom is -0.427 e. The minimum atomic E-state index is -3.33. The van der Waals surface area contributed by atoms with Crippen LogP contribution in [-0.4, -0.2) is 33.7 Å². The second kappa shape index (κ2) is 13.5. The molecule has 0 bridgehead atoms. The third-order valence-electron chi connectivity index (χ3n) is 6.58. The molecule has 0 unspecified atom stereocenters. The predicted molar refractivity (Wildman–Crippen MR) is 164 cm³/mol. The van der Waals surface area contributed by atoms with Crippen LogP contribution in [0.3, 0.4) is 0 Å². The first-order valence-electron chi connectivity index (χ1n) is 13.8. The molecule has 5 rings (SSSR count). The molecule has 0 fully saturated rings. The monoisotopic (exact) mass is 606 g/mol. The van der Waals surface area contributed by atoms with Crippen LogP contribution in [0.4, 0.5) is 5.69 Å². The van der Waals surface area contributed by atoms with E-state index in [0.29, 0.717) is 46.6 Å². The molecule has 218 valence electrons. The largest absolute Gasteiger partial charge is 0.427 e. The van der Waals surface area contributed by atoms with Crippen molar-refractivity contribution in [2.45, 2.75) is 39.3 Å². The Morgan fingerprint density at radius 1 is 1.00 bits per heavy atom. The van der Waals surface area contributed by atoms with Crippen molar-refractivity contribution in [1.29, 1.82) is 0 Å². The summed E-state index contributed by atoms with van der Waals surface area (Å²) in [7, 11) is -3.33. The lowest BCUT2D eigenvalue weighted by Gasteiger charge is -2.19. The Balaban J connectivity index is 1.31. The second-order valence-corrected chi connectivity index (χ2v) is 12.0. The van der Waals surface area contributed by atoms with Gasteiger partial charge in [-0.15, -0.1) is 0 Å². The van der Waals surface area contributed by atoms with E-state index in [4.69, 9.17) is 30.0 Å². The van der Waals surface area contributed by atoms with Crippen LogP contribution >= 0.6 is 19.2 Å². The van der Waals surface area contributed by atoms with Gasteiger partial charge < -0.3 is 18.8 Å². The highest BCUT2D eigenvalue weighted by molar-refractivity contribution is 7.53. The van der Waals surface area contributed by atoms with Crippen molar-refractivity contribution < 1.29 is 22.8 Å². The number of aryl methyl sites for hydroxylation is 1. The van der Waals surface area contributed by atoms with Gasteiger partial charge in [-0.25, -0.2) is 4.98 Å². The smallest absolute Gasteiger partial charge is 0.335 e. The number of hydrogen-bond acceptors (Lipinski definition) is 7. The highest BCUT2D eigenvalue weighted by atomic mass is 35.5. The number of para-hydroxylation sites is 3. The van der Waals surface area contributed by atoms with Crippen molar-refractivity contribution in [3.8, 4) is 17.3 Å². The number of halogens is 1. The SMILES string of the molecule is CCOP(=O)(Cc1ccccc1NC(=O)CCCc1oc(-n2cnc3ccccc32)nc1-c1ccc(Cl)cc1)OCC. The van der Waals surface area contributed by atoms with Crippen LogP contribution in [0.25, 0.3) is 28.3 Å². The Hall–Kier alpha value is -3.75. The van der Waals surface area contributed by atoms with Crippen molar-refractivity contribution >= 4 is 41.8 Å². The van der Waals surface area contributed by atoms with Gasteiger partial charge in [-0.2, -0.15) is 4.98 Å². The Bertz CT molecular complexity index is 1710. The summed E-state index contributed by atoms with van der Waals surface area (Å²) < 4.78 is 32.1. The fourth-order valence-corrected chi connectivity index (χ4v) is 6.55. The molecule has 0 saturated carbocycles. The van der Waals surface area contributed by atoms with Gasteiger partial charge in [-0.05, 0) is 56.2 Å². The lowest BCUT2D eigenvalue weighted by molar-refractivity contribution is -0.116. The first-order valence-corrected chi connectivity index (χ1v) is 15.9. The Morgan fingerprint density at radius 2 is 1.71 bits per heavy atom. The Kier molecular flexibility index (Phi) is 9.55. The van der Waals surface area contributed by atoms with E-state index in [1.165, 1.54) is 0 Å². The summed E-state index contributed by atoms with van der Waals surface area (Å²) in [5.41, 5.74) is 4.53. The topological polar surface area (TPSA) is 108 Å². The molecule has 0 aliphatic heterocycles. The molecule has 1 amide bonds. The van der Waals surface area contributed by atoms with E-state index >= 15 is 0 Å². The fraction of sp³-hybridized carbons (Fsp3) is 0.258. The molecular formula is C31H32ClN4O5P. The molecule has 0 atom stereocenters. The van der Waals surface area contributed by atoms with Crippen LogP contribution in [0.2, 0.25) is 5.02 Å². The van der Waals surface area contributed by atoms with Gasteiger partial charge in [0.05, 0.1) is 30.4 Å². The van der Waals surface area contributed by atoms with Crippen molar-refractivity contribution in [3.05, 3.63) is 95.5 Å². The summed E-state index contributed by atoms with van der Waals surface area (Å²) in [6, 6.07) is 22.8. The van der Waals surface area contributed by atoms with Crippen LogP contribution in [-0.2, 0) is 31.0 Å². The highest BCUT2D eigenvalue weighted by Gasteiger charge is 2.26. The van der Waals surface area contributed by atoms with Crippen LogP contribution in [0.15, 0.2) is 83.5 Å². The number of nitrogens with zero attached hydrogens (tertiary/aromatic N) is 3. The zero-order valence-corrected chi connectivity index (χ0v) is 25.1. The number of fused-ring (bicyclic) bond motifs is 1. The second-order valence-electron chi connectivity index (χ2n) is 9.54. The van der Waals surface area contributed by atoms with Gasteiger partial charge in [0, 0.05) is 29.1 Å². The van der Waals surface area contributed by atoms with E-state index in [1.54, 1.807) is 26.2 Å². The first-order chi connectivity index (χ1) is 20.4. The normalized spacial score (nSPS) is 11.7. The summed E-state index contributed by atoms with van der Waals surface area (Å²) >= 11 is 6.12. The van der Waals surface area contributed by atoms with Crippen LogP contribution in [0, 0.1) is 0 Å². The number of imidazole rings is 1. The maximum absolute atomic E-state index is 13.1. The fourth-order valence-electron chi connectivity index (χ4n) is 4.69. The molecule has 0 aliphatic carbocycles. The zero-order chi connectivity index (χ0) is 29.5. The Morgan fingerprint density at radius 3 is 2.48 bits per heavy atom. The molecule has 3 aromatic carbocycles. The first kappa shape index (κ1) is 29.7. The molecule has 0 spiro atoms. The number of rotatable bonds is 13. The molecule has 2 heterocycles. The zero-order valence-electron chi connectivity index (χ0n) is 23.5. The number of aromatic nitrogens is 3. The maximum Gasteiger partial charge on any atom is 0.335 e. The van der Waals surface area contributed by atoms with Gasteiger partial charge in [-0.1, -0.05) is 54.1 Å². The van der Waals surface area contributed by atoms with Crippen LogP contribution < -0.4 is 5.32 Å². The van der Waals surface area contributed by atoms with Crippen LogP contribution in [0.5, 0.6) is 0 Å².